The van der Waals surface area contributed by atoms with Crippen LogP contribution in [0.2, 0.25) is 0 Å². The second kappa shape index (κ2) is 5.28. The first-order valence-electron chi connectivity index (χ1n) is 5.29. The minimum atomic E-state index is -1.72. The summed E-state index contributed by atoms with van der Waals surface area (Å²) < 4.78 is 64.8. The lowest BCUT2D eigenvalue weighted by molar-refractivity contribution is 0.102. The van der Waals surface area contributed by atoms with Gasteiger partial charge in [0.05, 0.1) is 5.69 Å². The van der Waals surface area contributed by atoms with E-state index in [-0.39, 0.29) is 0 Å². The molecule has 0 aliphatic heterocycles. The second-order valence-corrected chi connectivity index (χ2v) is 3.83. The Bertz CT molecular complexity index is 663. The largest absolute Gasteiger partial charge is 0.319 e. The Morgan fingerprint density at radius 1 is 0.850 bits per heavy atom. The molecule has 1 N–H and O–H groups in total. The highest BCUT2D eigenvalue weighted by Crippen LogP contribution is 2.18. The van der Waals surface area contributed by atoms with Crippen molar-refractivity contribution in [2.45, 2.75) is 0 Å². The van der Waals surface area contributed by atoms with Crippen molar-refractivity contribution in [2.75, 3.05) is 5.32 Å². The second-order valence-electron chi connectivity index (χ2n) is 3.83. The number of amides is 1. The summed E-state index contributed by atoms with van der Waals surface area (Å²) in [5.74, 6) is -7.68. The fourth-order valence-corrected chi connectivity index (χ4v) is 1.47. The molecule has 7 heteroatoms. The van der Waals surface area contributed by atoms with E-state index in [1.54, 1.807) is 0 Å². The van der Waals surface area contributed by atoms with Gasteiger partial charge in [-0.25, -0.2) is 22.0 Å². The van der Waals surface area contributed by atoms with Crippen molar-refractivity contribution in [3.63, 3.8) is 0 Å². The van der Waals surface area contributed by atoms with Crippen molar-refractivity contribution >= 4 is 11.6 Å². The number of rotatable bonds is 2. The van der Waals surface area contributed by atoms with E-state index in [2.05, 4.69) is 0 Å². The summed E-state index contributed by atoms with van der Waals surface area (Å²) in [6.07, 6.45) is 0. The molecule has 104 valence electrons. The van der Waals surface area contributed by atoms with Crippen LogP contribution in [0.15, 0.2) is 30.3 Å². The van der Waals surface area contributed by atoms with Gasteiger partial charge in [0.1, 0.15) is 11.6 Å². The molecule has 0 aliphatic carbocycles. The Balaban J connectivity index is 2.31. The van der Waals surface area contributed by atoms with E-state index in [4.69, 9.17) is 0 Å². The maximum Gasteiger partial charge on any atom is 0.255 e. The number of halogens is 5. The molecule has 20 heavy (non-hydrogen) atoms. The molecule has 0 saturated carbocycles. The molecule has 0 heterocycles. The summed E-state index contributed by atoms with van der Waals surface area (Å²) in [5.41, 5.74) is -1.06. The Morgan fingerprint density at radius 2 is 1.45 bits per heavy atom. The number of hydrogen-bond acceptors (Lipinski definition) is 1. The van der Waals surface area contributed by atoms with E-state index in [0.717, 1.165) is 12.1 Å². The molecule has 2 aromatic carbocycles. The SMILES string of the molecule is O=C(Nc1cc(F)ccc1F)c1cc(F)c(F)c(F)c1. The Kier molecular flexibility index (Phi) is 3.69. The molecular weight excluding hydrogens is 281 g/mol. The standard InChI is InChI=1S/C13H6F5NO/c14-7-1-2-8(15)11(5-7)19-13(20)6-3-9(16)12(18)10(17)4-6/h1-5H,(H,19,20). The van der Waals surface area contributed by atoms with Crippen molar-refractivity contribution in [3.8, 4) is 0 Å². The smallest absolute Gasteiger partial charge is 0.255 e. The van der Waals surface area contributed by atoms with Gasteiger partial charge in [0, 0.05) is 11.6 Å². The van der Waals surface area contributed by atoms with E-state index < -0.39 is 46.2 Å². The van der Waals surface area contributed by atoms with E-state index in [1.807, 2.05) is 5.32 Å². The monoisotopic (exact) mass is 287 g/mol. The predicted octanol–water partition coefficient (Wildman–Crippen LogP) is 3.63. The first-order valence-corrected chi connectivity index (χ1v) is 5.29. The number of hydrogen-bond donors (Lipinski definition) is 1. The molecule has 1 amide bonds. The van der Waals surface area contributed by atoms with Crippen LogP contribution in [0.25, 0.3) is 0 Å². The average molecular weight is 287 g/mol. The molecule has 2 rings (SSSR count). The van der Waals surface area contributed by atoms with Crippen LogP contribution in [0.4, 0.5) is 27.6 Å². The van der Waals surface area contributed by atoms with Crippen LogP contribution in [0, 0.1) is 29.1 Å². The van der Waals surface area contributed by atoms with E-state index >= 15 is 0 Å². The molecule has 0 bridgehead atoms. The van der Waals surface area contributed by atoms with Crippen LogP contribution in [-0.4, -0.2) is 5.91 Å². The molecule has 0 aliphatic rings. The molecule has 0 unspecified atom stereocenters. The van der Waals surface area contributed by atoms with Crippen molar-refractivity contribution < 1.29 is 26.7 Å². The van der Waals surface area contributed by atoms with Gasteiger partial charge in [0.15, 0.2) is 17.5 Å². The third kappa shape index (κ3) is 2.76. The molecule has 2 aromatic rings. The van der Waals surface area contributed by atoms with Crippen molar-refractivity contribution in [1.82, 2.24) is 0 Å². The zero-order chi connectivity index (χ0) is 14.9. The van der Waals surface area contributed by atoms with Crippen LogP contribution in [0.3, 0.4) is 0 Å². The first kappa shape index (κ1) is 14.0. The van der Waals surface area contributed by atoms with E-state index in [9.17, 15) is 26.7 Å². The topological polar surface area (TPSA) is 29.1 Å². The lowest BCUT2D eigenvalue weighted by Crippen LogP contribution is -2.14. The minimum Gasteiger partial charge on any atom is -0.319 e. The van der Waals surface area contributed by atoms with E-state index in [1.165, 1.54) is 0 Å². The number of nitrogens with one attached hydrogen (secondary N) is 1. The van der Waals surface area contributed by atoms with Gasteiger partial charge in [-0.3, -0.25) is 4.79 Å². The molecule has 0 fully saturated rings. The Labute approximate surface area is 109 Å². The molecule has 0 radical (unpaired) electrons. The number of benzene rings is 2. The summed E-state index contributed by atoms with van der Waals surface area (Å²) in [6, 6.07) is 3.21. The van der Waals surface area contributed by atoms with Gasteiger partial charge in [-0.15, -0.1) is 0 Å². The van der Waals surface area contributed by atoms with Crippen LogP contribution in [0.1, 0.15) is 10.4 Å². The maximum atomic E-state index is 13.3. The minimum absolute atomic E-state index is 0.449. The van der Waals surface area contributed by atoms with Crippen LogP contribution in [-0.2, 0) is 0 Å². The fraction of sp³-hybridized carbons (Fsp3) is 0. The zero-order valence-electron chi connectivity index (χ0n) is 9.68. The summed E-state index contributed by atoms with van der Waals surface area (Å²) >= 11 is 0. The predicted molar refractivity (Wildman–Crippen MR) is 60.6 cm³/mol. The third-order valence-corrected chi connectivity index (χ3v) is 2.42. The van der Waals surface area contributed by atoms with Gasteiger partial charge in [0.2, 0.25) is 0 Å². The van der Waals surface area contributed by atoms with Gasteiger partial charge < -0.3 is 5.32 Å². The number of carbonyl (C=O) groups excluding carboxylic acids is 1. The van der Waals surface area contributed by atoms with Crippen LogP contribution in [0.5, 0.6) is 0 Å². The summed E-state index contributed by atoms with van der Waals surface area (Å²) in [5, 5.41) is 1.93. The third-order valence-electron chi connectivity index (χ3n) is 2.42. The summed E-state index contributed by atoms with van der Waals surface area (Å²) in [6.45, 7) is 0. The lowest BCUT2D eigenvalue weighted by atomic mass is 10.2. The van der Waals surface area contributed by atoms with Crippen LogP contribution >= 0.6 is 0 Å². The zero-order valence-corrected chi connectivity index (χ0v) is 9.68. The highest BCUT2D eigenvalue weighted by atomic mass is 19.2. The molecular formula is C13H6F5NO. The van der Waals surface area contributed by atoms with Gasteiger partial charge in [0.25, 0.3) is 5.91 Å². The molecule has 0 atom stereocenters. The quantitative estimate of drug-likeness (QED) is 0.663. The molecule has 0 spiro atoms. The maximum absolute atomic E-state index is 13.3. The summed E-state index contributed by atoms with van der Waals surface area (Å²) in [7, 11) is 0. The van der Waals surface area contributed by atoms with Gasteiger partial charge in [-0.05, 0) is 24.3 Å². The molecule has 2 nitrogen and oxygen atoms in total. The summed E-state index contributed by atoms with van der Waals surface area (Å²) in [4.78, 5) is 11.6. The van der Waals surface area contributed by atoms with Gasteiger partial charge in [-0.2, -0.15) is 0 Å². The Hall–Kier alpha value is -2.44. The first-order chi connectivity index (χ1) is 9.38. The number of anilines is 1. The van der Waals surface area contributed by atoms with Crippen molar-refractivity contribution in [2.24, 2.45) is 0 Å². The number of carbonyl (C=O) groups is 1. The lowest BCUT2D eigenvalue weighted by Gasteiger charge is -2.07. The fourth-order valence-electron chi connectivity index (χ4n) is 1.47. The highest BCUT2D eigenvalue weighted by molar-refractivity contribution is 6.04. The van der Waals surface area contributed by atoms with Crippen molar-refractivity contribution in [1.29, 1.82) is 0 Å². The highest BCUT2D eigenvalue weighted by Gasteiger charge is 2.16. The van der Waals surface area contributed by atoms with Gasteiger partial charge >= 0.3 is 0 Å². The molecule has 0 aromatic heterocycles. The average Bonchev–Trinajstić information content (AvgIpc) is 2.39. The Morgan fingerprint density at radius 3 is 2.05 bits per heavy atom. The van der Waals surface area contributed by atoms with Gasteiger partial charge in [-0.1, -0.05) is 0 Å². The molecule has 0 saturated heterocycles. The van der Waals surface area contributed by atoms with Crippen molar-refractivity contribution in [3.05, 3.63) is 65.0 Å². The van der Waals surface area contributed by atoms with E-state index in [0.29, 0.717) is 18.2 Å². The van der Waals surface area contributed by atoms with Crippen LogP contribution < -0.4 is 5.32 Å². The normalized spacial score (nSPS) is 10.4.